The number of hydrogen-bond acceptors (Lipinski definition) is 2. The predicted molar refractivity (Wildman–Crippen MR) is 66.6 cm³/mol. The average Bonchev–Trinajstić information content (AvgIpc) is 2.30. The van der Waals surface area contributed by atoms with Crippen LogP contribution >= 0.6 is 15.9 Å². The highest BCUT2D eigenvalue weighted by Gasteiger charge is 2.28. The van der Waals surface area contributed by atoms with Crippen LogP contribution in [0.25, 0.3) is 0 Å². The van der Waals surface area contributed by atoms with Gasteiger partial charge in [-0.1, -0.05) is 22.0 Å². The minimum Gasteiger partial charge on any atom is -0.449 e. The zero-order chi connectivity index (χ0) is 11.5. The van der Waals surface area contributed by atoms with E-state index < -0.39 is 0 Å². The Balaban J connectivity index is 2.31. The van der Waals surface area contributed by atoms with Gasteiger partial charge in [0.1, 0.15) is 0 Å². The number of nitrogens with zero attached hydrogens (tertiary/aromatic N) is 1. The summed E-state index contributed by atoms with van der Waals surface area (Å²) in [5, 5.41) is 0. The quantitative estimate of drug-likeness (QED) is 0.778. The number of benzene rings is 1. The molecular weight excluding hydrogens is 270 g/mol. The number of carbonyl (C=O) groups is 1. The van der Waals surface area contributed by atoms with Gasteiger partial charge in [0.05, 0.1) is 12.6 Å². The first-order valence-electron chi connectivity index (χ1n) is 5.06. The highest BCUT2D eigenvalue weighted by Crippen LogP contribution is 2.25. The molecule has 1 atom stereocenters. The van der Waals surface area contributed by atoms with Crippen LogP contribution in [0.4, 0.5) is 10.5 Å². The molecule has 84 valence electrons. The van der Waals surface area contributed by atoms with Crippen LogP contribution in [0.3, 0.4) is 0 Å². The lowest BCUT2D eigenvalue weighted by atomic mass is 10.1. The second-order valence-corrected chi connectivity index (χ2v) is 4.47. The number of halogens is 1. The standard InChI is InChI=1S/C12H12BrNO2/c1-2-10-7-8-16-12(15)14(10)11-5-3-9(13)4-6-11/h2-6,10H,1,7-8H2. The van der Waals surface area contributed by atoms with Crippen molar-refractivity contribution in [3.05, 3.63) is 41.4 Å². The molecule has 1 heterocycles. The Hall–Kier alpha value is -1.29. The fourth-order valence-corrected chi connectivity index (χ4v) is 1.99. The van der Waals surface area contributed by atoms with E-state index >= 15 is 0 Å². The van der Waals surface area contributed by atoms with Crippen molar-refractivity contribution in [3.8, 4) is 0 Å². The third-order valence-electron chi connectivity index (χ3n) is 2.54. The molecule has 1 aliphatic heterocycles. The molecule has 1 amide bonds. The summed E-state index contributed by atoms with van der Waals surface area (Å²) in [6.07, 6.45) is 2.26. The van der Waals surface area contributed by atoms with Crippen LogP contribution in [0.1, 0.15) is 6.42 Å². The second kappa shape index (κ2) is 4.70. The summed E-state index contributed by atoms with van der Waals surface area (Å²) in [4.78, 5) is 13.3. The molecule has 0 radical (unpaired) electrons. The van der Waals surface area contributed by atoms with Gasteiger partial charge in [-0.3, -0.25) is 4.90 Å². The number of hydrogen-bond donors (Lipinski definition) is 0. The summed E-state index contributed by atoms with van der Waals surface area (Å²) in [5.41, 5.74) is 0.831. The molecule has 1 unspecified atom stereocenters. The molecule has 2 rings (SSSR count). The largest absolute Gasteiger partial charge is 0.449 e. The average molecular weight is 282 g/mol. The van der Waals surface area contributed by atoms with Crippen LogP contribution < -0.4 is 4.90 Å². The summed E-state index contributed by atoms with van der Waals surface area (Å²) in [5.74, 6) is 0. The highest BCUT2D eigenvalue weighted by molar-refractivity contribution is 9.10. The molecule has 0 N–H and O–H groups in total. The molecule has 0 saturated carbocycles. The van der Waals surface area contributed by atoms with E-state index in [4.69, 9.17) is 4.74 Å². The maximum absolute atomic E-state index is 11.7. The monoisotopic (exact) mass is 281 g/mol. The highest BCUT2D eigenvalue weighted by atomic mass is 79.9. The van der Waals surface area contributed by atoms with Crippen molar-refractivity contribution in [3.63, 3.8) is 0 Å². The van der Waals surface area contributed by atoms with Gasteiger partial charge in [-0.05, 0) is 24.3 Å². The van der Waals surface area contributed by atoms with Crippen molar-refractivity contribution in [2.45, 2.75) is 12.5 Å². The number of rotatable bonds is 2. The lowest BCUT2D eigenvalue weighted by Gasteiger charge is -2.33. The molecule has 0 spiro atoms. The fraction of sp³-hybridized carbons (Fsp3) is 0.250. The third kappa shape index (κ3) is 2.11. The van der Waals surface area contributed by atoms with Crippen molar-refractivity contribution in [1.82, 2.24) is 0 Å². The molecule has 1 fully saturated rings. The first kappa shape index (κ1) is 11.2. The van der Waals surface area contributed by atoms with Gasteiger partial charge < -0.3 is 4.74 Å². The van der Waals surface area contributed by atoms with Crippen LogP contribution in [0, 0.1) is 0 Å². The van der Waals surface area contributed by atoms with E-state index in [1.54, 1.807) is 11.0 Å². The Kier molecular flexibility index (Phi) is 3.29. The molecule has 1 saturated heterocycles. The van der Waals surface area contributed by atoms with Crippen molar-refractivity contribution >= 4 is 27.7 Å². The number of amides is 1. The lowest BCUT2D eigenvalue weighted by Crippen LogP contribution is -2.44. The van der Waals surface area contributed by atoms with Gasteiger partial charge in [-0.2, -0.15) is 0 Å². The zero-order valence-corrected chi connectivity index (χ0v) is 10.3. The molecule has 0 bridgehead atoms. The SMILES string of the molecule is C=CC1CCOC(=O)N1c1ccc(Br)cc1. The van der Waals surface area contributed by atoms with E-state index in [1.807, 2.05) is 24.3 Å². The predicted octanol–water partition coefficient (Wildman–Crippen LogP) is 3.35. The molecule has 4 heteroatoms. The van der Waals surface area contributed by atoms with E-state index in [9.17, 15) is 4.79 Å². The van der Waals surface area contributed by atoms with Crippen LogP contribution in [0.15, 0.2) is 41.4 Å². The molecule has 0 aromatic heterocycles. The first-order valence-corrected chi connectivity index (χ1v) is 5.86. The Morgan fingerprint density at radius 3 is 2.75 bits per heavy atom. The summed E-state index contributed by atoms with van der Waals surface area (Å²) in [6.45, 7) is 4.21. The van der Waals surface area contributed by atoms with Gasteiger partial charge in [-0.15, -0.1) is 6.58 Å². The fourth-order valence-electron chi connectivity index (χ4n) is 1.72. The minimum absolute atomic E-state index is 0.0161. The van der Waals surface area contributed by atoms with Gasteiger partial charge in [0, 0.05) is 16.6 Å². The third-order valence-corrected chi connectivity index (χ3v) is 3.07. The maximum Gasteiger partial charge on any atom is 0.414 e. The maximum atomic E-state index is 11.7. The molecule has 3 nitrogen and oxygen atoms in total. The molecule has 1 aromatic carbocycles. The van der Waals surface area contributed by atoms with Crippen LogP contribution in [-0.2, 0) is 4.74 Å². The van der Waals surface area contributed by atoms with Crippen molar-refractivity contribution < 1.29 is 9.53 Å². The van der Waals surface area contributed by atoms with Crippen molar-refractivity contribution in [2.75, 3.05) is 11.5 Å². The van der Waals surface area contributed by atoms with Gasteiger partial charge in [0.25, 0.3) is 0 Å². The molecule has 1 aromatic rings. The molecule has 0 aliphatic carbocycles. The second-order valence-electron chi connectivity index (χ2n) is 3.55. The summed E-state index contributed by atoms with van der Waals surface area (Å²) in [6, 6.07) is 7.58. The van der Waals surface area contributed by atoms with Crippen molar-refractivity contribution in [2.24, 2.45) is 0 Å². The topological polar surface area (TPSA) is 29.5 Å². The Morgan fingerprint density at radius 2 is 2.12 bits per heavy atom. The van der Waals surface area contributed by atoms with E-state index in [0.29, 0.717) is 6.61 Å². The normalized spacial score (nSPS) is 20.4. The zero-order valence-electron chi connectivity index (χ0n) is 8.73. The number of anilines is 1. The number of cyclic esters (lactones) is 1. The minimum atomic E-state index is -0.307. The number of carbonyl (C=O) groups excluding carboxylic acids is 1. The first-order chi connectivity index (χ1) is 7.72. The Morgan fingerprint density at radius 1 is 1.44 bits per heavy atom. The van der Waals surface area contributed by atoms with Crippen LogP contribution in [-0.4, -0.2) is 18.7 Å². The van der Waals surface area contributed by atoms with E-state index in [2.05, 4.69) is 22.5 Å². The van der Waals surface area contributed by atoms with Crippen LogP contribution in [0.2, 0.25) is 0 Å². The van der Waals surface area contributed by atoms with Crippen molar-refractivity contribution in [1.29, 1.82) is 0 Å². The van der Waals surface area contributed by atoms with Gasteiger partial charge >= 0.3 is 6.09 Å². The molecular formula is C12H12BrNO2. The van der Waals surface area contributed by atoms with E-state index in [1.165, 1.54) is 0 Å². The summed E-state index contributed by atoms with van der Waals surface area (Å²) >= 11 is 3.36. The van der Waals surface area contributed by atoms with E-state index in [-0.39, 0.29) is 12.1 Å². The van der Waals surface area contributed by atoms with Gasteiger partial charge in [0.2, 0.25) is 0 Å². The smallest absolute Gasteiger partial charge is 0.414 e. The summed E-state index contributed by atoms with van der Waals surface area (Å²) < 4.78 is 6.02. The van der Waals surface area contributed by atoms with Gasteiger partial charge in [-0.25, -0.2) is 4.79 Å². The lowest BCUT2D eigenvalue weighted by molar-refractivity contribution is 0.134. The number of ether oxygens (including phenoxy) is 1. The van der Waals surface area contributed by atoms with Crippen LogP contribution in [0.5, 0.6) is 0 Å². The summed E-state index contributed by atoms with van der Waals surface area (Å²) in [7, 11) is 0. The van der Waals surface area contributed by atoms with Gasteiger partial charge in [0.15, 0.2) is 0 Å². The van der Waals surface area contributed by atoms with E-state index in [0.717, 1.165) is 16.6 Å². The Labute approximate surface area is 103 Å². The molecule has 16 heavy (non-hydrogen) atoms. The molecule has 1 aliphatic rings. The Bertz CT molecular complexity index is 402.